The molecule has 3 rings (SSSR count). The Hall–Kier alpha value is -3.04. The fourth-order valence-corrected chi connectivity index (χ4v) is 3.29. The maximum absolute atomic E-state index is 12.8. The average molecular weight is 437 g/mol. The molecule has 0 radical (unpaired) electrons. The van der Waals surface area contributed by atoms with E-state index in [0.717, 1.165) is 17.9 Å². The quantitative estimate of drug-likeness (QED) is 0.463. The van der Waals surface area contributed by atoms with Crippen LogP contribution in [0.1, 0.15) is 30.8 Å². The molecule has 0 bridgehead atoms. The van der Waals surface area contributed by atoms with E-state index in [1.54, 1.807) is 6.07 Å². The van der Waals surface area contributed by atoms with Gasteiger partial charge in [-0.2, -0.15) is 13.9 Å². The van der Waals surface area contributed by atoms with Gasteiger partial charge in [0.1, 0.15) is 5.75 Å². The maximum atomic E-state index is 12.8. The zero-order valence-corrected chi connectivity index (χ0v) is 18.2. The third kappa shape index (κ3) is 6.22. The van der Waals surface area contributed by atoms with Crippen molar-refractivity contribution in [2.24, 2.45) is 10.9 Å². The number of rotatable bonds is 9. The molecule has 0 saturated heterocycles. The zero-order chi connectivity index (χ0) is 22.4. The second-order valence-corrected chi connectivity index (χ2v) is 7.48. The normalized spacial score (nSPS) is 14.1. The van der Waals surface area contributed by atoms with Gasteiger partial charge in [0.05, 0.1) is 12.2 Å². The van der Waals surface area contributed by atoms with E-state index in [1.807, 2.05) is 25.5 Å². The van der Waals surface area contributed by atoms with Crippen LogP contribution in [0, 0.1) is 19.8 Å². The third-order valence-electron chi connectivity index (χ3n) is 4.73. The molecule has 0 fully saturated rings. The molecule has 1 aliphatic rings. The number of alkyl halides is 2. The van der Waals surface area contributed by atoms with E-state index < -0.39 is 6.61 Å². The minimum Gasteiger partial charge on any atom is -0.454 e. The molecule has 1 aromatic heterocycles. The van der Waals surface area contributed by atoms with Gasteiger partial charge in [0.25, 0.3) is 0 Å². The second kappa shape index (κ2) is 10.3. The Labute approximate surface area is 180 Å². The van der Waals surface area contributed by atoms with E-state index in [2.05, 4.69) is 38.5 Å². The molecule has 1 atom stereocenters. The Bertz CT molecular complexity index is 917. The van der Waals surface area contributed by atoms with Gasteiger partial charge in [-0.05, 0) is 38.8 Å². The van der Waals surface area contributed by atoms with Crippen LogP contribution in [-0.4, -0.2) is 42.2 Å². The van der Waals surface area contributed by atoms with Gasteiger partial charge >= 0.3 is 6.61 Å². The van der Waals surface area contributed by atoms with E-state index in [0.29, 0.717) is 42.0 Å². The van der Waals surface area contributed by atoms with E-state index in [1.165, 1.54) is 6.07 Å². The first-order valence-corrected chi connectivity index (χ1v) is 10.3. The molecule has 31 heavy (non-hydrogen) atoms. The van der Waals surface area contributed by atoms with Crippen molar-refractivity contribution in [1.82, 2.24) is 20.4 Å². The van der Waals surface area contributed by atoms with Crippen molar-refractivity contribution in [3.8, 4) is 17.2 Å². The van der Waals surface area contributed by atoms with Crippen LogP contribution in [0.4, 0.5) is 8.78 Å². The topological polar surface area (TPSA) is 81.9 Å². The summed E-state index contributed by atoms with van der Waals surface area (Å²) in [5, 5.41) is 11.0. The molecule has 170 valence electrons. The molecule has 1 aliphatic heterocycles. The van der Waals surface area contributed by atoms with Gasteiger partial charge in [-0.15, -0.1) is 0 Å². The van der Waals surface area contributed by atoms with Gasteiger partial charge in [0.15, 0.2) is 17.5 Å². The van der Waals surface area contributed by atoms with Gasteiger partial charge in [-0.3, -0.25) is 4.68 Å². The number of aromatic nitrogens is 2. The van der Waals surface area contributed by atoms with E-state index in [-0.39, 0.29) is 19.1 Å². The lowest BCUT2D eigenvalue weighted by atomic mass is 10.1. The fraction of sp³-hybridized carbons (Fsp3) is 0.524. The van der Waals surface area contributed by atoms with Crippen LogP contribution in [0.2, 0.25) is 0 Å². The highest BCUT2D eigenvalue weighted by Gasteiger charge is 2.20. The predicted molar refractivity (Wildman–Crippen MR) is 113 cm³/mol. The van der Waals surface area contributed by atoms with Gasteiger partial charge < -0.3 is 24.8 Å². The molecule has 2 N–H and O–H groups in total. The summed E-state index contributed by atoms with van der Waals surface area (Å²) in [5.74, 6) is 1.78. The van der Waals surface area contributed by atoms with Crippen molar-refractivity contribution < 1.29 is 23.0 Å². The number of fused-ring (bicyclic) bond motifs is 1. The SMILES string of the molecule is CCNC(=NCc1cc2c(cc1OC(F)F)OCO2)NCC(C)Cn1nc(C)cc1C. The molecule has 2 aromatic rings. The lowest BCUT2D eigenvalue weighted by Gasteiger charge is -2.17. The molecule has 0 spiro atoms. The first-order valence-electron chi connectivity index (χ1n) is 10.3. The molecular formula is C21H29F2N5O3. The molecule has 0 amide bonds. The number of ether oxygens (including phenoxy) is 3. The highest BCUT2D eigenvalue weighted by molar-refractivity contribution is 5.79. The Morgan fingerprint density at radius 2 is 1.97 bits per heavy atom. The molecule has 10 heteroatoms. The fourth-order valence-electron chi connectivity index (χ4n) is 3.29. The molecule has 1 aromatic carbocycles. The molecule has 1 unspecified atom stereocenters. The van der Waals surface area contributed by atoms with Gasteiger partial charge in [0.2, 0.25) is 6.79 Å². The number of nitrogens with zero attached hydrogens (tertiary/aromatic N) is 3. The number of hydrogen-bond donors (Lipinski definition) is 2. The van der Waals surface area contributed by atoms with Crippen molar-refractivity contribution in [3.63, 3.8) is 0 Å². The minimum atomic E-state index is -2.94. The number of aryl methyl sites for hydroxylation is 2. The van der Waals surface area contributed by atoms with Gasteiger partial charge in [-0.1, -0.05) is 6.92 Å². The standard InChI is InChI=1S/C21H29F2N5O3/c1-5-24-21(25-9-13(2)11-28-15(4)6-14(3)27-28)26-10-16-7-18-19(30-12-29-18)8-17(16)31-20(22)23/h6-8,13,20H,5,9-12H2,1-4H3,(H2,24,25,26). The van der Waals surface area contributed by atoms with Crippen LogP contribution in [-0.2, 0) is 13.1 Å². The van der Waals surface area contributed by atoms with Gasteiger partial charge in [-0.25, -0.2) is 4.99 Å². The number of halogens is 2. The van der Waals surface area contributed by atoms with E-state index in [9.17, 15) is 8.78 Å². The lowest BCUT2D eigenvalue weighted by molar-refractivity contribution is -0.0505. The second-order valence-electron chi connectivity index (χ2n) is 7.48. The first kappa shape index (κ1) is 22.6. The van der Waals surface area contributed by atoms with E-state index in [4.69, 9.17) is 9.47 Å². The Morgan fingerprint density at radius 1 is 1.23 bits per heavy atom. The summed E-state index contributed by atoms with van der Waals surface area (Å²) in [7, 11) is 0. The number of hydrogen-bond acceptors (Lipinski definition) is 5. The largest absolute Gasteiger partial charge is 0.454 e. The first-order chi connectivity index (χ1) is 14.9. The van der Waals surface area contributed by atoms with Crippen molar-refractivity contribution in [2.45, 2.75) is 47.4 Å². The smallest absolute Gasteiger partial charge is 0.387 e. The number of guanidine groups is 1. The van der Waals surface area contributed by atoms with Crippen molar-refractivity contribution in [1.29, 1.82) is 0 Å². The number of nitrogens with one attached hydrogen (secondary N) is 2. The number of aliphatic imine (C=N–C) groups is 1. The zero-order valence-electron chi connectivity index (χ0n) is 18.2. The summed E-state index contributed by atoms with van der Waals surface area (Å²) in [5.41, 5.74) is 2.61. The summed E-state index contributed by atoms with van der Waals surface area (Å²) in [6, 6.07) is 5.09. The van der Waals surface area contributed by atoms with Crippen LogP contribution in [0.15, 0.2) is 23.2 Å². The average Bonchev–Trinajstić information content (AvgIpc) is 3.28. The van der Waals surface area contributed by atoms with Crippen LogP contribution >= 0.6 is 0 Å². The Kier molecular flexibility index (Phi) is 7.54. The number of benzene rings is 1. The molecular weight excluding hydrogens is 408 g/mol. The van der Waals surface area contributed by atoms with Crippen molar-refractivity contribution >= 4 is 5.96 Å². The van der Waals surface area contributed by atoms with Crippen LogP contribution in [0.25, 0.3) is 0 Å². The maximum Gasteiger partial charge on any atom is 0.387 e. The van der Waals surface area contributed by atoms with Crippen molar-refractivity contribution in [2.75, 3.05) is 19.9 Å². The summed E-state index contributed by atoms with van der Waals surface area (Å²) >= 11 is 0. The lowest BCUT2D eigenvalue weighted by Crippen LogP contribution is -2.40. The molecule has 8 nitrogen and oxygen atoms in total. The molecule has 2 heterocycles. The van der Waals surface area contributed by atoms with E-state index >= 15 is 0 Å². The molecule has 0 saturated carbocycles. The van der Waals surface area contributed by atoms with Crippen LogP contribution in [0.3, 0.4) is 0 Å². The van der Waals surface area contributed by atoms with Gasteiger partial charge in [0, 0.05) is 37.0 Å². The van der Waals surface area contributed by atoms with Crippen LogP contribution < -0.4 is 24.8 Å². The van der Waals surface area contributed by atoms with Crippen molar-refractivity contribution in [3.05, 3.63) is 35.2 Å². The third-order valence-corrected chi connectivity index (χ3v) is 4.73. The summed E-state index contributed by atoms with van der Waals surface area (Å²) in [6.45, 7) is 7.46. The summed E-state index contributed by atoms with van der Waals surface area (Å²) in [6.07, 6.45) is 0. The summed E-state index contributed by atoms with van der Waals surface area (Å²) < 4.78 is 42.9. The Balaban J connectivity index is 1.66. The highest BCUT2D eigenvalue weighted by Crippen LogP contribution is 2.39. The Morgan fingerprint density at radius 3 is 2.61 bits per heavy atom. The highest BCUT2D eigenvalue weighted by atomic mass is 19.3. The monoisotopic (exact) mass is 437 g/mol. The van der Waals surface area contributed by atoms with Crippen LogP contribution in [0.5, 0.6) is 17.2 Å². The minimum absolute atomic E-state index is 0.0248. The summed E-state index contributed by atoms with van der Waals surface area (Å²) in [4.78, 5) is 4.53. The predicted octanol–water partition coefficient (Wildman–Crippen LogP) is 3.22. The molecule has 0 aliphatic carbocycles.